The standard InChI is InChI=1S/C8H10F2N2S/c1-6-4-11-7(13-6)12-3-2-8(9,10)5-12/h4H,2-3,5H2,1H3. The highest BCUT2D eigenvalue weighted by atomic mass is 32.1. The molecule has 0 aliphatic carbocycles. The third kappa shape index (κ3) is 1.80. The second-order valence-corrected chi connectivity index (χ2v) is 4.49. The summed E-state index contributed by atoms with van der Waals surface area (Å²) < 4.78 is 25.6. The molecule has 0 atom stereocenters. The normalized spacial score (nSPS) is 21.0. The van der Waals surface area contributed by atoms with Crippen LogP contribution in [0, 0.1) is 6.92 Å². The maximum absolute atomic E-state index is 12.8. The van der Waals surface area contributed by atoms with E-state index < -0.39 is 5.92 Å². The topological polar surface area (TPSA) is 16.1 Å². The Balaban J connectivity index is 2.12. The molecule has 0 spiro atoms. The molecule has 1 aliphatic heterocycles. The quantitative estimate of drug-likeness (QED) is 0.697. The zero-order chi connectivity index (χ0) is 9.47. The van der Waals surface area contributed by atoms with Gasteiger partial charge in [0.1, 0.15) is 0 Å². The Morgan fingerprint density at radius 2 is 2.38 bits per heavy atom. The van der Waals surface area contributed by atoms with Gasteiger partial charge in [-0.25, -0.2) is 13.8 Å². The van der Waals surface area contributed by atoms with Gasteiger partial charge in [0, 0.05) is 24.0 Å². The third-order valence-electron chi connectivity index (χ3n) is 2.05. The largest absolute Gasteiger partial charge is 0.342 e. The smallest absolute Gasteiger partial charge is 0.267 e. The van der Waals surface area contributed by atoms with E-state index in [1.54, 1.807) is 11.1 Å². The van der Waals surface area contributed by atoms with Crippen LogP contribution in [0.15, 0.2) is 6.20 Å². The molecule has 72 valence electrons. The molecule has 2 heterocycles. The second kappa shape index (κ2) is 2.90. The predicted octanol–water partition coefficient (Wildman–Crippen LogP) is 2.30. The van der Waals surface area contributed by atoms with E-state index in [9.17, 15) is 8.78 Å². The van der Waals surface area contributed by atoms with Crippen molar-refractivity contribution >= 4 is 16.5 Å². The van der Waals surface area contributed by atoms with Crippen molar-refractivity contribution < 1.29 is 8.78 Å². The zero-order valence-electron chi connectivity index (χ0n) is 7.26. The Morgan fingerprint density at radius 1 is 1.62 bits per heavy atom. The maximum Gasteiger partial charge on any atom is 0.267 e. The minimum absolute atomic E-state index is 0.0500. The van der Waals surface area contributed by atoms with Crippen LogP contribution in [-0.4, -0.2) is 24.0 Å². The fourth-order valence-corrected chi connectivity index (χ4v) is 2.17. The van der Waals surface area contributed by atoms with Crippen molar-refractivity contribution in [3.05, 3.63) is 11.1 Å². The Morgan fingerprint density at radius 3 is 2.85 bits per heavy atom. The van der Waals surface area contributed by atoms with E-state index in [1.807, 2.05) is 6.92 Å². The molecule has 2 rings (SSSR count). The predicted molar refractivity (Wildman–Crippen MR) is 48.6 cm³/mol. The van der Waals surface area contributed by atoms with Crippen LogP contribution in [0.3, 0.4) is 0 Å². The number of aryl methyl sites for hydroxylation is 1. The summed E-state index contributed by atoms with van der Waals surface area (Å²) >= 11 is 1.47. The van der Waals surface area contributed by atoms with Crippen molar-refractivity contribution in [2.45, 2.75) is 19.3 Å². The molecule has 0 amide bonds. The molecule has 1 saturated heterocycles. The lowest BCUT2D eigenvalue weighted by atomic mass is 10.3. The van der Waals surface area contributed by atoms with Crippen LogP contribution in [0.2, 0.25) is 0 Å². The van der Waals surface area contributed by atoms with Crippen LogP contribution in [0.25, 0.3) is 0 Å². The number of hydrogen-bond acceptors (Lipinski definition) is 3. The number of halogens is 2. The molecule has 1 aromatic heterocycles. The first kappa shape index (κ1) is 8.87. The minimum Gasteiger partial charge on any atom is -0.342 e. The molecular formula is C8H10F2N2S. The van der Waals surface area contributed by atoms with Crippen LogP contribution < -0.4 is 4.90 Å². The fraction of sp³-hybridized carbons (Fsp3) is 0.625. The van der Waals surface area contributed by atoms with Gasteiger partial charge in [0.25, 0.3) is 5.92 Å². The summed E-state index contributed by atoms with van der Waals surface area (Å²) in [5.41, 5.74) is 0. The lowest BCUT2D eigenvalue weighted by Gasteiger charge is -2.13. The number of thiazole rings is 1. The molecular weight excluding hydrogens is 194 g/mol. The molecule has 13 heavy (non-hydrogen) atoms. The molecule has 0 aromatic carbocycles. The summed E-state index contributed by atoms with van der Waals surface area (Å²) in [7, 11) is 0. The molecule has 0 radical (unpaired) electrons. The Bertz CT molecular complexity index is 311. The average molecular weight is 204 g/mol. The van der Waals surface area contributed by atoms with Crippen LogP contribution in [0.5, 0.6) is 0 Å². The van der Waals surface area contributed by atoms with Gasteiger partial charge in [0.05, 0.1) is 6.54 Å². The number of nitrogens with zero attached hydrogens (tertiary/aromatic N) is 2. The monoisotopic (exact) mass is 204 g/mol. The summed E-state index contributed by atoms with van der Waals surface area (Å²) in [5, 5.41) is 0.717. The third-order valence-corrected chi connectivity index (χ3v) is 3.02. The van der Waals surface area contributed by atoms with Crippen LogP contribution in [0.4, 0.5) is 13.9 Å². The molecule has 0 N–H and O–H groups in total. The van der Waals surface area contributed by atoms with Gasteiger partial charge >= 0.3 is 0 Å². The van der Waals surface area contributed by atoms with Gasteiger partial charge in [-0.05, 0) is 6.92 Å². The highest BCUT2D eigenvalue weighted by Crippen LogP contribution is 2.32. The van der Waals surface area contributed by atoms with Crippen molar-refractivity contribution in [3.63, 3.8) is 0 Å². The van der Waals surface area contributed by atoms with Crippen molar-refractivity contribution in [2.24, 2.45) is 0 Å². The highest BCUT2D eigenvalue weighted by Gasteiger charge is 2.39. The van der Waals surface area contributed by atoms with E-state index in [2.05, 4.69) is 4.98 Å². The lowest BCUT2D eigenvalue weighted by Crippen LogP contribution is -2.24. The maximum atomic E-state index is 12.8. The molecule has 1 aliphatic rings. The van der Waals surface area contributed by atoms with Crippen LogP contribution in [0.1, 0.15) is 11.3 Å². The van der Waals surface area contributed by atoms with Gasteiger partial charge in [0.2, 0.25) is 0 Å². The van der Waals surface area contributed by atoms with E-state index in [0.717, 1.165) is 10.0 Å². The molecule has 2 nitrogen and oxygen atoms in total. The van der Waals surface area contributed by atoms with Gasteiger partial charge in [-0.15, -0.1) is 11.3 Å². The van der Waals surface area contributed by atoms with Gasteiger partial charge in [-0.1, -0.05) is 0 Å². The van der Waals surface area contributed by atoms with Crippen LogP contribution in [-0.2, 0) is 0 Å². The van der Waals surface area contributed by atoms with Crippen molar-refractivity contribution in [1.82, 2.24) is 4.98 Å². The molecule has 1 fully saturated rings. The number of anilines is 1. The molecule has 5 heteroatoms. The first-order chi connectivity index (χ1) is 6.07. The van der Waals surface area contributed by atoms with E-state index in [-0.39, 0.29) is 13.0 Å². The van der Waals surface area contributed by atoms with Gasteiger partial charge in [-0.3, -0.25) is 0 Å². The summed E-state index contributed by atoms with van der Waals surface area (Å²) in [5.74, 6) is -2.53. The van der Waals surface area contributed by atoms with E-state index in [1.165, 1.54) is 11.3 Å². The van der Waals surface area contributed by atoms with Gasteiger partial charge in [0.15, 0.2) is 5.13 Å². The first-order valence-electron chi connectivity index (χ1n) is 4.12. The highest BCUT2D eigenvalue weighted by molar-refractivity contribution is 7.15. The van der Waals surface area contributed by atoms with Gasteiger partial charge in [-0.2, -0.15) is 0 Å². The van der Waals surface area contributed by atoms with Crippen molar-refractivity contribution in [3.8, 4) is 0 Å². The Kier molecular flexibility index (Phi) is 1.98. The summed E-state index contributed by atoms with van der Waals surface area (Å²) in [6.07, 6.45) is 1.67. The lowest BCUT2D eigenvalue weighted by molar-refractivity contribution is 0.0257. The second-order valence-electron chi connectivity index (χ2n) is 3.28. The van der Waals surface area contributed by atoms with E-state index in [0.29, 0.717) is 6.54 Å². The molecule has 1 aromatic rings. The van der Waals surface area contributed by atoms with Crippen molar-refractivity contribution in [2.75, 3.05) is 18.0 Å². The van der Waals surface area contributed by atoms with E-state index >= 15 is 0 Å². The molecule has 0 unspecified atom stereocenters. The zero-order valence-corrected chi connectivity index (χ0v) is 8.07. The minimum atomic E-state index is -2.53. The summed E-state index contributed by atoms with van der Waals surface area (Å²) in [6.45, 7) is 2.16. The van der Waals surface area contributed by atoms with Crippen LogP contribution >= 0.6 is 11.3 Å². The Labute approximate surface area is 79.2 Å². The number of hydrogen-bond donors (Lipinski definition) is 0. The van der Waals surface area contributed by atoms with E-state index in [4.69, 9.17) is 0 Å². The SMILES string of the molecule is Cc1cnc(N2CCC(F)(F)C2)s1. The average Bonchev–Trinajstić information content (AvgIpc) is 2.56. The summed E-state index contributed by atoms with van der Waals surface area (Å²) in [6, 6.07) is 0. The fourth-order valence-electron chi connectivity index (χ4n) is 1.39. The molecule has 0 saturated carbocycles. The molecule has 0 bridgehead atoms. The number of rotatable bonds is 1. The van der Waals surface area contributed by atoms with Gasteiger partial charge < -0.3 is 4.90 Å². The summed E-state index contributed by atoms with van der Waals surface area (Å²) in [4.78, 5) is 6.79. The number of aromatic nitrogens is 1. The first-order valence-corrected chi connectivity index (χ1v) is 4.94. The Hall–Kier alpha value is -0.710. The van der Waals surface area contributed by atoms with Crippen molar-refractivity contribution in [1.29, 1.82) is 0 Å². The number of alkyl halides is 2.